The Kier molecular flexibility index (Phi) is 4.23. The van der Waals surface area contributed by atoms with Crippen LogP contribution >= 0.6 is 0 Å². The Balaban J connectivity index is 2.10. The largest absolute Gasteiger partial charge is 0.475 e. The lowest BCUT2D eigenvalue weighted by molar-refractivity contribution is 0.0661. The van der Waals surface area contributed by atoms with Crippen molar-refractivity contribution < 1.29 is 14.3 Å². The van der Waals surface area contributed by atoms with Crippen LogP contribution in [0.15, 0.2) is 41.0 Å². The zero-order valence-corrected chi connectivity index (χ0v) is 10.8. The summed E-state index contributed by atoms with van der Waals surface area (Å²) in [6, 6.07) is 9.75. The van der Waals surface area contributed by atoms with Gasteiger partial charge in [0.1, 0.15) is 0 Å². The van der Waals surface area contributed by atoms with E-state index in [2.05, 4.69) is 18.3 Å². The molecule has 0 aliphatic rings. The highest BCUT2D eigenvalue weighted by molar-refractivity contribution is 5.86. The number of rotatable bonds is 6. The molecule has 0 unspecified atom stereocenters. The highest BCUT2D eigenvalue weighted by Gasteiger charge is 2.13. The van der Waals surface area contributed by atoms with Crippen LogP contribution in [0.3, 0.4) is 0 Å². The van der Waals surface area contributed by atoms with Gasteiger partial charge in [0, 0.05) is 17.8 Å². The van der Waals surface area contributed by atoms with Gasteiger partial charge in [-0.05, 0) is 24.1 Å². The average molecular weight is 259 g/mol. The molecule has 0 spiro atoms. The summed E-state index contributed by atoms with van der Waals surface area (Å²) in [5.74, 6) is -1.04. The fourth-order valence-corrected chi connectivity index (χ4v) is 2.03. The number of aryl methyl sites for hydroxylation is 1. The summed E-state index contributed by atoms with van der Waals surface area (Å²) < 4.78 is 4.95. The van der Waals surface area contributed by atoms with Crippen LogP contribution < -0.4 is 5.32 Å². The second kappa shape index (κ2) is 6.09. The number of benzene rings is 1. The van der Waals surface area contributed by atoms with Gasteiger partial charge in [-0.15, -0.1) is 0 Å². The van der Waals surface area contributed by atoms with Crippen LogP contribution in [0.25, 0.3) is 0 Å². The van der Waals surface area contributed by atoms with Crippen LogP contribution in [0, 0.1) is 0 Å². The number of aromatic carboxylic acids is 1. The summed E-state index contributed by atoms with van der Waals surface area (Å²) in [5, 5.41) is 12.2. The van der Waals surface area contributed by atoms with E-state index in [9.17, 15) is 4.79 Å². The van der Waals surface area contributed by atoms with E-state index in [1.807, 2.05) is 18.2 Å². The maximum atomic E-state index is 10.9. The molecule has 1 aromatic carbocycles. The molecule has 0 atom stereocenters. The van der Waals surface area contributed by atoms with Crippen molar-refractivity contribution in [3.05, 3.63) is 53.5 Å². The van der Waals surface area contributed by atoms with E-state index in [0.717, 1.165) is 18.5 Å². The molecule has 0 radical (unpaired) electrons. The van der Waals surface area contributed by atoms with Crippen molar-refractivity contribution in [2.75, 3.05) is 5.32 Å². The van der Waals surface area contributed by atoms with Crippen LogP contribution in [-0.4, -0.2) is 11.1 Å². The third-order valence-corrected chi connectivity index (χ3v) is 2.95. The van der Waals surface area contributed by atoms with Gasteiger partial charge in [0.2, 0.25) is 5.76 Å². The highest BCUT2D eigenvalue weighted by atomic mass is 16.4. The zero-order chi connectivity index (χ0) is 13.7. The number of para-hydroxylation sites is 1. The molecule has 4 heteroatoms. The van der Waals surface area contributed by atoms with Gasteiger partial charge in [-0.3, -0.25) is 0 Å². The standard InChI is InChI=1S/C15H17NO3/c1-2-5-11-6-3-4-7-13(11)16-10-12-8-9-19-14(12)15(17)18/h3-4,6-9,16H,2,5,10H2,1H3,(H,17,18). The topological polar surface area (TPSA) is 62.5 Å². The molecule has 0 aliphatic carbocycles. The minimum Gasteiger partial charge on any atom is -0.475 e. The number of anilines is 1. The number of furan rings is 1. The van der Waals surface area contributed by atoms with E-state index in [-0.39, 0.29) is 5.76 Å². The smallest absolute Gasteiger partial charge is 0.372 e. The quantitative estimate of drug-likeness (QED) is 0.832. The van der Waals surface area contributed by atoms with Crippen LogP contribution in [0.5, 0.6) is 0 Å². The van der Waals surface area contributed by atoms with Gasteiger partial charge in [-0.2, -0.15) is 0 Å². The monoisotopic (exact) mass is 259 g/mol. The fraction of sp³-hybridized carbons (Fsp3) is 0.267. The van der Waals surface area contributed by atoms with Crippen molar-refractivity contribution in [3.8, 4) is 0 Å². The lowest BCUT2D eigenvalue weighted by Gasteiger charge is -2.10. The van der Waals surface area contributed by atoms with E-state index < -0.39 is 5.97 Å². The third kappa shape index (κ3) is 3.16. The van der Waals surface area contributed by atoms with Crippen molar-refractivity contribution in [1.82, 2.24) is 0 Å². The zero-order valence-electron chi connectivity index (χ0n) is 10.8. The van der Waals surface area contributed by atoms with Crippen molar-refractivity contribution in [1.29, 1.82) is 0 Å². The highest BCUT2D eigenvalue weighted by Crippen LogP contribution is 2.19. The molecule has 1 aromatic heterocycles. The van der Waals surface area contributed by atoms with Gasteiger partial charge >= 0.3 is 5.97 Å². The van der Waals surface area contributed by atoms with E-state index in [0.29, 0.717) is 12.1 Å². The molecule has 2 N–H and O–H groups in total. The Hall–Kier alpha value is -2.23. The summed E-state index contributed by atoms with van der Waals surface area (Å²) in [6.07, 6.45) is 3.48. The number of hydrogen-bond acceptors (Lipinski definition) is 3. The molecule has 1 heterocycles. The maximum absolute atomic E-state index is 10.9. The Morgan fingerprint density at radius 2 is 2.05 bits per heavy atom. The molecular weight excluding hydrogens is 242 g/mol. The Bertz CT molecular complexity index is 560. The Morgan fingerprint density at radius 3 is 2.79 bits per heavy atom. The first-order valence-corrected chi connectivity index (χ1v) is 6.33. The lowest BCUT2D eigenvalue weighted by Crippen LogP contribution is -2.06. The first-order chi connectivity index (χ1) is 9.22. The summed E-state index contributed by atoms with van der Waals surface area (Å²) in [5.41, 5.74) is 2.94. The van der Waals surface area contributed by atoms with Gasteiger partial charge in [0.05, 0.1) is 6.26 Å². The summed E-state index contributed by atoms with van der Waals surface area (Å²) >= 11 is 0. The van der Waals surface area contributed by atoms with E-state index in [1.54, 1.807) is 6.07 Å². The summed E-state index contributed by atoms with van der Waals surface area (Å²) in [7, 11) is 0. The average Bonchev–Trinajstić information content (AvgIpc) is 2.86. The second-order valence-electron chi connectivity index (χ2n) is 4.34. The van der Waals surface area contributed by atoms with Gasteiger partial charge in [0.15, 0.2) is 0 Å². The molecule has 19 heavy (non-hydrogen) atoms. The fourth-order valence-electron chi connectivity index (χ4n) is 2.03. The number of nitrogens with one attached hydrogen (secondary N) is 1. The maximum Gasteiger partial charge on any atom is 0.372 e. The molecule has 0 saturated heterocycles. The van der Waals surface area contributed by atoms with Crippen molar-refractivity contribution in [2.45, 2.75) is 26.3 Å². The number of hydrogen-bond donors (Lipinski definition) is 2. The van der Waals surface area contributed by atoms with E-state index >= 15 is 0 Å². The van der Waals surface area contributed by atoms with Crippen molar-refractivity contribution in [3.63, 3.8) is 0 Å². The first kappa shape index (κ1) is 13.2. The predicted molar refractivity (Wildman–Crippen MR) is 73.4 cm³/mol. The minimum absolute atomic E-state index is 0.000438. The second-order valence-corrected chi connectivity index (χ2v) is 4.34. The molecular formula is C15H17NO3. The van der Waals surface area contributed by atoms with Crippen LogP contribution in [0.4, 0.5) is 5.69 Å². The van der Waals surface area contributed by atoms with Crippen molar-refractivity contribution in [2.24, 2.45) is 0 Å². The molecule has 0 saturated carbocycles. The van der Waals surface area contributed by atoms with Crippen LogP contribution in [0.2, 0.25) is 0 Å². The van der Waals surface area contributed by atoms with Crippen molar-refractivity contribution >= 4 is 11.7 Å². The SMILES string of the molecule is CCCc1ccccc1NCc1ccoc1C(=O)O. The van der Waals surface area contributed by atoms with Gasteiger partial charge in [-0.1, -0.05) is 31.5 Å². The molecule has 0 amide bonds. The van der Waals surface area contributed by atoms with Gasteiger partial charge < -0.3 is 14.8 Å². The number of carboxylic acids is 1. The van der Waals surface area contributed by atoms with Crippen LogP contribution in [0.1, 0.15) is 35.0 Å². The van der Waals surface area contributed by atoms with Gasteiger partial charge in [0.25, 0.3) is 0 Å². The summed E-state index contributed by atoms with van der Waals surface area (Å²) in [4.78, 5) is 10.9. The minimum atomic E-state index is -1.04. The predicted octanol–water partition coefficient (Wildman–Crippen LogP) is 3.54. The Morgan fingerprint density at radius 1 is 1.26 bits per heavy atom. The molecule has 0 fully saturated rings. The molecule has 2 aromatic rings. The first-order valence-electron chi connectivity index (χ1n) is 6.33. The van der Waals surface area contributed by atoms with Gasteiger partial charge in [-0.25, -0.2) is 4.79 Å². The normalized spacial score (nSPS) is 10.4. The summed E-state index contributed by atoms with van der Waals surface area (Å²) in [6.45, 7) is 2.58. The van der Waals surface area contributed by atoms with E-state index in [4.69, 9.17) is 9.52 Å². The third-order valence-electron chi connectivity index (χ3n) is 2.95. The molecule has 100 valence electrons. The lowest BCUT2D eigenvalue weighted by atomic mass is 10.1. The Labute approximate surface area is 112 Å². The number of carboxylic acid groups (broad SMARTS) is 1. The van der Waals surface area contributed by atoms with E-state index in [1.165, 1.54) is 11.8 Å². The molecule has 2 rings (SSSR count). The molecule has 4 nitrogen and oxygen atoms in total. The molecule has 0 bridgehead atoms. The van der Waals surface area contributed by atoms with Crippen LogP contribution in [-0.2, 0) is 13.0 Å². The number of carbonyl (C=O) groups is 1. The molecule has 0 aliphatic heterocycles.